The molecule has 1 amide bonds. The molecular formula is C19H27NO2S. The third-order valence-corrected chi connectivity index (χ3v) is 5.58. The average Bonchev–Trinajstić information content (AvgIpc) is 2.97. The minimum Gasteiger partial charge on any atom is -0.383 e. The number of amides is 1. The van der Waals surface area contributed by atoms with E-state index in [9.17, 15) is 9.90 Å². The van der Waals surface area contributed by atoms with Crippen molar-refractivity contribution in [2.75, 3.05) is 6.54 Å². The van der Waals surface area contributed by atoms with E-state index in [2.05, 4.69) is 25.2 Å². The fourth-order valence-electron chi connectivity index (χ4n) is 2.84. The van der Waals surface area contributed by atoms with Crippen LogP contribution in [0.4, 0.5) is 0 Å². The smallest absolute Gasteiger partial charge is 0.223 e. The predicted octanol–water partition coefficient (Wildman–Crippen LogP) is 4.44. The van der Waals surface area contributed by atoms with E-state index in [1.165, 1.54) is 0 Å². The molecule has 2 N–H and O–H groups in total. The molecule has 0 bridgehead atoms. The van der Waals surface area contributed by atoms with Crippen LogP contribution in [0.3, 0.4) is 0 Å². The molecule has 126 valence electrons. The molecule has 1 atom stereocenters. The second-order valence-corrected chi connectivity index (χ2v) is 7.50. The van der Waals surface area contributed by atoms with Crippen LogP contribution in [0.1, 0.15) is 51.3 Å². The van der Waals surface area contributed by atoms with Gasteiger partial charge in [0.2, 0.25) is 5.91 Å². The first kappa shape index (κ1) is 18.0. The summed E-state index contributed by atoms with van der Waals surface area (Å²) in [5.74, 6) is 0.123. The van der Waals surface area contributed by atoms with Crippen LogP contribution in [0.5, 0.6) is 0 Å². The van der Waals surface area contributed by atoms with Crippen LogP contribution in [0, 0.1) is 5.92 Å². The van der Waals surface area contributed by atoms with Gasteiger partial charge in [0.25, 0.3) is 0 Å². The summed E-state index contributed by atoms with van der Waals surface area (Å²) in [6.07, 6.45) is 3.82. The first-order chi connectivity index (χ1) is 11.0. The van der Waals surface area contributed by atoms with E-state index in [1.807, 2.05) is 24.3 Å². The molecule has 0 saturated heterocycles. The van der Waals surface area contributed by atoms with Crippen LogP contribution in [-0.4, -0.2) is 17.6 Å². The fourth-order valence-corrected chi connectivity index (χ4v) is 3.95. The Morgan fingerprint density at radius 3 is 2.52 bits per heavy atom. The maximum Gasteiger partial charge on any atom is 0.223 e. The van der Waals surface area contributed by atoms with Crippen molar-refractivity contribution < 1.29 is 9.90 Å². The molecule has 0 aliphatic carbocycles. The minimum atomic E-state index is -1.04. The normalized spacial score (nSPS) is 14.1. The van der Waals surface area contributed by atoms with Gasteiger partial charge in [0.15, 0.2) is 0 Å². The zero-order valence-electron chi connectivity index (χ0n) is 14.3. The van der Waals surface area contributed by atoms with E-state index < -0.39 is 5.60 Å². The molecule has 0 spiro atoms. The van der Waals surface area contributed by atoms with Crippen LogP contribution < -0.4 is 5.32 Å². The molecule has 0 aliphatic heterocycles. The van der Waals surface area contributed by atoms with E-state index in [0.29, 0.717) is 0 Å². The van der Waals surface area contributed by atoms with Gasteiger partial charge in [-0.2, -0.15) is 0 Å². The number of nitrogens with one attached hydrogen (secondary N) is 1. The van der Waals surface area contributed by atoms with Gasteiger partial charge in [0, 0.05) is 15.5 Å². The molecule has 1 heterocycles. The number of hydrogen-bond acceptors (Lipinski definition) is 3. The van der Waals surface area contributed by atoms with Gasteiger partial charge < -0.3 is 10.4 Å². The highest BCUT2D eigenvalue weighted by Crippen LogP contribution is 2.32. The number of hydrogen-bond donors (Lipinski definition) is 2. The highest BCUT2D eigenvalue weighted by molar-refractivity contribution is 7.19. The summed E-state index contributed by atoms with van der Waals surface area (Å²) in [6, 6.07) is 10.1. The van der Waals surface area contributed by atoms with Crippen molar-refractivity contribution in [3.05, 3.63) is 35.2 Å². The van der Waals surface area contributed by atoms with E-state index in [0.717, 1.165) is 40.6 Å². The molecule has 1 aromatic heterocycles. The molecule has 2 rings (SSSR count). The van der Waals surface area contributed by atoms with Gasteiger partial charge in [0.05, 0.1) is 6.54 Å². The van der Waals surface area contributed by atoms with Gasteiger partial charge in [-0.05, 0) is 37.3 Å². The Labute approximate surface area is 142 Å². The monoisotopic (exact) mass is 333 g/mol. The SMILES string of the molecule is CCCC(CCC)C(=O)NCC(C)(O)c1cc2ccccc2s1. The van der Waals surface area contributed by atoms with Gasteiger partial charge in [-0.25, -0.2) is 0 Å². The summed E-state index contributed by atoms with van der Waals surface area (Å²) in [6.45, 7) is 6.22. The molecule has 1 aromatic carbocycles. The zero-order chi connectivity index (χ0) is 16.9. The third-order valence-electron chi connectivity index (χ3n) is 4.21. The standard InChI is InChI=1S/C19H27NO2S/c1-4-8-14(9-5-2)18(21)20-13-19(3,22)17-12-15-10-6-7-11-16(15)23-17/h6-7,10-12,14,22H,4-5,8-9,13H2,1-3H3,(H,20,21). The van der Waals surface area contributed by atoms with Crippen LogP contribution in [0.2, 0.25) is 0 Å². The van der Waals surface area contributed by atoms with Gasteiger partial charge in [-0.3, -0.25) is 4.79 Å². The van der Waals surface area contributed by atoms with E-state index in [4.69, 9.17) is 0 Å². The Hall–Kier alpha value is -1.39. The first-order valence-electron chi connectivity index (χ1n) is 8.47. The molecular weight excluding hydrogens is 306 g/mol. The molecule has 4 heteroatoms. The highest BCUT2D eigenvalue weighted by atomic mass is 32.1. The van der Waals surface area contributed by atoms with Crippen molar-refractivity contribution in [2.45, 2.75) is 52.1 Å². The lowest BCUT2D eigenvalue weighted by atomic mass is 9.96. The van der Waals surface area contributed by atoms with Crippen molar-refractivity contribution in [3.8, 4) is 0 Å². The second-order valence-electron chi connectivity index (χ2n) is 6.41. The lowest BCUT2D eigenvalue weighted by Crippen LogP contribution is -2.40. The topological polar surface area (TPSA) is 49.3 Å². The summed E-state index contributed by atoms with van der Waals surface area (Å²) in [7, 11) is 0. The molecule has 0 aliphatic rings. The first-order valence-corrected chi connectivity index (χ1v) is 9.28. The quantitative estimate of drug-likeness (QED) is 0.750. The number of benzene rings is 1. The zero-order valence-corrected chi connectivity index (χ0v) is 15.1. The predicted molar refractivity (Wildman–Crippen MR) is 97.7 cm³/mol. The van der Waals surface area contributed by atoms with Crippen LogP contribution in [0.15, 0.2) is 30.3 Å². The molecule has 0 fully saturated rings. The van der Waals surface area contributed by atoms with Gasteiger partial charge >= 0.3 is 0 Å². The summed E-state index contributed by atoms with van der Waals surface area (Å²) >= 11 is 1.58. The van der Waals surface area contributed by atoms with Crippen molar-refractivity contribution >= 4 is 27.3 Å². The lowest BCUT2D eigenvalue weighted by molar-refractivity contribution is -0.126. The van der Waals surface area contributed by atoms with Crippen LogP contribution in [-0.2, 0) is 10.4 Å². The minimum absolute atomic E-state index is 0.0585. The van der Waals surface area contributed by atoms with Gasteiger partial charge in [-0.1, -0.05) is 44.9 Å². The maximum absolute atomic E-state index is 12.4. The third kappa shape index (κ3) is 4.55. The van der Waals surface area contributed by atoms with Crippen LogP contribution in [0.25, 0.3) is 10.1 Å². The highest BCUT2D eigenvalue weighted by Gasteiger charge is 2.27. The average molecular weight is 333 g/mol. The number of thiophene rings is 1. The Morgan fingerprint density at radius 2 is 1.91 bits per heavy atom. The molecule has 0 saturated carbocycles. The number of carbonyl (C=O) groups is 1. The van der Waals surface area contributed by atoms with Gasteiger partial charge in [-0.15, -0.1) is 11.3 Å². The maximum atomic E-state index is 12.4. The molecule has 1 unspecified atom stereocenters. The fraction of sp³-hybridized carbons (Fsp3) is 0.526. The Morgan fingerprint density at radius 1 is 1.26 bits per heavy atom. The summed E-state index contributed by atoms with van der Waals surface area (Å²) < 4.78 is 1.16. The van der Waals surface area contributed by atoms with E-state index in [-0.39, 0.29) is 18.4 Å². The number of rotatable bonds is 8. The molecule has 23 heavy (non-hydrogen) atoms. The van der Waals surface area contributed by atoms with Crippen molar-refractivity contribution in [1.82, 2.24) is 5.32 Å². The molecule has 2 aromatic rings. The van der Waals surface area contributed by atoms with Crippen molar-refractivity contribution in [3.63, 3.8) is 0 Å². The summed E-state index contributed by atoms with van der Waals surface area (Å²) in [4.78, 5) is 13.2. The van der Waals surface area contributed by atoms with Crippen LogP contribution >= 0.6 is 11.3 Å². The summed E-state index contributed by atoms with van der Waals surface area (Å²) in [5, 5.41) is 14.9. The molecule has 0 radical (unpaired) electrons. The lowest BCUT2D eigenvalue weighted by Gasteiger charge is -2.24. The Balaban J connectivity index is 2.03. The Bertz CT molecular complexity index is 609. The van der Waals surface area contributed by atoms with E-state index >= 15 is 0 Å². The number of fused-ring (bicyclic) bond motifs is 1. The largest absolute Gasteiger partial charge is 0.383 e. The second kappa shape index (κ2) is 7.93. The number of carbonyl (C=O) groups excluding carboxylic acids is 1. The Kier molecular flexibility index (Phi) is 6.19. The van der Waals surface area contributed by atoms with Crippen molar-refractivity contribution in [2.24, 2.45) is 5.92 Å². The van der Waals surface area contributed by atoms with Crippen molar-refractivity contribution in [1.29, 1.82) is 0 Å². The summed E-state index contributed by atoms with van der Waals surface area (Å²) in [5.41, 5.74) is -1.04. The number of aliphatic hydroxyl groups is 1. The van der Waals surface area contributed by atoms with Gasteiger partial charge in [0.1, 0.15) is 5.60 Å². The van der Waals surface area contributed by atoms with E-state index in [1.54, 1.807) is 18.3 Å². The molecule has 3 nitrogen and oxygen atoms in total.